The number of halogens is 1. The Bertz CT molecular complexity index is 716. The molecule has 2 N–H and O–H groups in total. The summed E-state index contributed by atoms with van der Waals surface area (Å²) < 4.78 is 16.6. The molecule has 0 bridgehead atoms. The highest BCUT2D eigenvalue weighted by Gasteiger charge is 2.11. The number of benzene rings is 1. The topological polar surface area (TPSA) is 68.0 Å². The van der Waals surface area contributed by atoms with E-state index in [9.17, 15) is 0 Å². The van der Waals surface area contributed by atoms with Crippen molar-refractivity contribution in [1.29, 1.82) is 0 Å². The van der Waals surface area contributed by atoms with Crippen LogP contribution in [0, 0.1) is 6.92 Å². The number of ether oxygens (including phenoxy) is 2. The van der Waals surface area contributed by atoms with Gasteiger partial charge in [0.25, 0.3) is 0 Å². The highest BCUT2D eigenvalue weighted by Crippen LogP contribution is 2.28. The van der Waals surface area contributed by atoms with E-state index in [2.05, 4.69) is 15.6 Å². The average Bonchev–Trinajstić information content (AvgIpc) is 3.05. The maximum Gasteiger partial charge on any atom is 0.191 e. The number of hydrogen-bond acceptors (Lipinski definition) is 4. The van der Waals surface area contributed by atoms with Crippen LogP contribution in [0.2, 0.25) is 0 Å². The predicted octanol–water partition coefficient (Wildman–Crippen LogP) is 4.04. The molecular weight excluding hydrogens is 445 g/mol. The molecule has 6 nitrogen and oxygen atoms in total. The van der Waals surface area contributed by atoms with Crippen molar-refractivity contribution in [3.63, 3.8) is 0 Å². The van der Waals surface area contributed by atoms with Crippen molar-refractivity contribution in [2.75, 3.05) is 20.8 Å². The summed E-state index contributed by atoms with van der Waals surface area (Å²) >= 11 is 0. The van der Waals surface area contributed by atoms with Crippen molar-refractivity contribution in [1.82, 2.24) is 10.6 Å². The Hall–Kier alpha value is -1.90. The lowest BCUT2D eigenvalue weighted by atomic mass is 10.2. The van der Waals surface area contributed by atoms with Crippen molar-refractivity contribution < 1.29 is 13.9 Å². The number of hydrogen-bond donors (Lipinski definition) is 2. The minimum absolute atomic E-state index is 0. The van der Waals surface area contributed by atoms with Gasteiger partial charge in [-0.2, -0.15) is 0 Å². The molecule has 2 aromatic rings. The second-order valence-corrected chi connectivity index (χ2v) is 5.66. The van der Waals surface area contributed by atoms with Gasteiger partial charge in [0.1, 0.15) is 11.5 Å². The van der Waals surface area contributed by atoms with E-state index >= 15 is 0 Å². The Kier molecular flexibility index (Phi) is 9.32. The fraction of sp³-hybridized carbons (Fsp3) is 0.421. The van der Waals surface area contributed by atoms with Crippen LogP contribution >= 0.6 is 24.0 Å². The zero-order chi connectivity index (χ0) is 18.2. The molecule has 1 aromatic carbocycles. The second-order valence-electron chi connectivity index (χ2n) is 5.66. The van der Waals surface area contributed by atoms with Gasteiger partial charge in [-0.1, -0.05) is 6.07 Å². The molecule has 0 radical (unpaired) electrons. The first-order valence-corrected chi connectivity index (χ1v) is 8.40. The summed E-state index contributed by atoms with van der Waals surface area (Å²) in [5.74, 6) is 3.95. The van der Waals surface area contributed by atoms with Crippen molar-refractivity contribution in [3.8, 4) is 11.5 Å². The van der Waals surface area contributed by atoms with Crippen LogP contribution < -0.4 is 20.1 Å². The van der Waals surface area contributed by atoms with Gasteiger partial charge >= 0.3 is 0 Å². The number of aryl methyl sites for hydroxylation is 1. The van der Waals surface area contributed by atoms with Gasteiger partial charge in [0.05, 0.1) is 19.8 Å². The van der Waals surface area contributed by atoms with Crippen molar-refractivity contribution >= 4 is 29.9 Å². The van der Waals surface area contributed by atoms with E-state index in [1.807, 2.05) is 51.1 Å². The molecule has 2 rings (SSSR count). The summed E-state index contributed by atoms with van der Waals surface area (Å²) in [5.41, 5.74) is 1.08. The lowest BCUT2D eigenvalue weighted by Crippen LogP contribution is -2.38. The maximum absolute atomic E-state index is 5.65. The summed E-state index contributed by atoms with van der Waals surface area (Å²) in [4.78, 5) is 4.26. The molecule has 7 heteroatoms. The summed E-state index contributed by atoms with van der Waals surface area (Å²) in [6.45, 7) is 7.13. The number of aliphatic imine (C=N–C) groups is 1. The van der Waals surface area contributed by atoms with Gasteiger partial charge in [0.2, 0.25) is 0 Å². The molecule has 1 atom stereocenters. The van der Waals surface area contributed by atoms with Gasteiger partial charge in [0, 0.05) is 13.6 Å². The minimum atomic E-state index is 0. The van der Waals surface area contributed by atoms with Crippen molar-refractivity contribution in [2.24, 2.45) is 4.99 Å². The summed E-state index contributed by atoms with van der Waals surface area (Å²) in [5, 5.41) is 6.62. The Labute approximate surface area is 172 Å². The number of methoxy groups -OCH3 is 1. The van der Waals surface area contributed by atoms with E-state index in [0.717, 1.165) is 28.6 Å². The molecule has 0 aliphatic heterocycles. The van der Waals surface area contributed by atoms with Crippen LogP contribution in [0.1, 0.15) is 37.0 Å². The zero-order valence-corrected chi connectivity index (χ0v) is 18.3. The van der Waals surface area contributed by atoms with Gasteiger partial charge in [-0.3, -0.25) is 4.99 Å². The number of guanidine groups is 1. The summed E-state index contributed by atoms with van der Waals surface area (Å²) in [7, 11) is 3.38. The van der Waals surface area contributed by atoms with Crippen LogP contribution in [0.25, 0.3) is 0 Å². The van der Waals surface area contributed by atoms with Crippen molar-refractivity contribution in [2.45, 2.75) is 33.4 Å². The number of nitrogens with one attached hydrogen (secondary N) is 2. The minimum Gasteiger partial charge on any atom is -0.493 e. The molecule has 1 heterocycles. The Morgan fingerprint density at radius 1 is 1.23 bits per heavy atom. The van der Waals surface area contributed by atoms with Crippen molar-refractivity contribution in [3.05, 3.63) is 47.4 Å². The van der Waals surface area contributed by atoms with Crippen LogP contribution in [0.3, 0.4) is 0 Å². The van der Waals surface area contributed by atoms with E-state index in [4.69, 9.17) is 13.9 Å². The second kappa shape index (κ2) is 10.9. The largest absolute Gasteiger partial charge is 0.493 e. The SMILES string of the molecule is CCOc1cc(CNC(=NC)NC(C)c2ccc(C)o2)ccc1OC.I. The smallest absolute Gasteiger partial charge is 0.191 e. The molecule has 0 aliphatic carbocycles. The van der Waals surface area contributed by atoms with Crippen LogP contribution in [-0.2, 0) is 6.54 Å². The fourth-order valence-electron chi connectivity index (χ4n) is 2.44. The van der Waals surface area contributed by atoms with Gasteiger partial charge in [0.15, 0.2) is 17.5 Å². The highest BCUT2D eigenvalue weighted by atomic mass is 127. The summed E-state index contributed by atoms with van der Waals surface area (Å²) in [6, 6.07) is 9.83. The molecule has 0 saturated heterocycles. The van der Waals surface area contributed by atoms with Gasteiger partial charge in [-0.15, -0.1) is 24.0 Å². The quantitative estimate of drug-likeness (QED) is 0.361. The first kappa shape index (κ1) is 22.1. The van der Waals surface area contributed by atoms with Crippen LogP contribution in [0.4, 0.5) is 0 Å². The molecule has 0 fully saturated rings. The van der Waals surface area contributed by atoms with E-state index in [1.165, 1.54) is 0 Å². The molecule has 0 aliphatic rings. The number of furan rings is 1. The maximum atomic E-state index is 5.65. The molecule has 144 valence electrons. The molecule has 0 amide bonds. The van der Waals surface area contributed by atoms with Crippen LogP contribution in [0.5, 0.6) is 11.5 Å². The van der Waals surface area contributed by atoms with E-state index < -0.39 is 0 Å². The molecule has 1 aromatic heterocycles. The Balaban J connectivity index is 0.00000338. The molecular formula is C19H28IN3O3. The van der Waals surface area contributed by atoms with Gasteiger partial charge in [-0.25, -0.2) is 0 Å². The number of rotatable bonds is 7. The Morgan fingerprint density at radius 3 is 2.58 bits per heavy atom. The monoisotopic (exact) mass is 473 g/mol. The molecule has 1 unspecified atom stereocenters. The summed E-state index contributed by atoms with van der Waals surface area (Å²) in [6.07, 6.45) is 0. The lowest BCUT2D eigenvalue weighted by molar-refractivity contribution is 0.310. The number of nitrogens with zero attached hydrogens (tertiary/aromatic N) is 1. The van der Waals surface area contributed by atoms with E-state index in [-0.39, 0.29) is 30.0 Å². The van der Waals surface area contributed by atoms with E-state index in [0.29, 0.717) is 19.1 Å². The average molecular weight is 473 g/mol. The Morgan fingerprint density at radius 2 is 2.00 bits per heavy atom. The lowest BCUT2D eigenvalue weighted by Gasteiger charge is -2.17. The molecule has 26 heavy (non-hydrogen) atoms. The normalized spacial score (nSPS) is 12.1. The third-order valence-corrected chi connectivity index (χ3v) is 3.75. The highest BCUT2D eigenvalue weighted by molar-refractivity contribution is 14.0. The third-order valence-electron chi connectivity index (χ3n) is 3.75. The van der Waals surface area contributed by atoms with E-state index in [1.54, 1.807) is 14.2 Å². The van der Waals surface area contributed by atoms with Gasteiger partial charge in [-0.05, 0) is 50.6 Å². The van der Waals surface area contributed by atoms with Crippen LogP contribution in [-0.4, -0.2) is 26.7 Å². The van der Waals surface area contributed by atoms with Crippen LogP contribution in [0.15, 0.2) is 39.7 Å². The fourth-order valence-corrected chi connectivity index (χ4v) is 2.44. The predicted molar refractivity (Wildman–Crippen MR) is 115 cm³/mol. The zero-order valence-electron chi connectivity index (χ0n) is 16.0. The first-order valence-electron chi connectivity index (χ1n) is 8.40. The third kappa shape index (κ3) is 6.12. The molecule has 0 spiro atoms. The molecule has 0 saturated carbocycles. The van der Waals surface area contributed by atoms with Gasteiger partial charge < -0.3 is 24.5 Å². The first-order chi connectivity index (χ1) is 12.1. The standard InChI is InChI=1S/C19H27N3O3.HI/c1-6-24-18-11-15(8-10-17(18)23-5)12-21-19(20-4)22-14(3)16-9-7-13(2)25-16;/h7-11,14H,6,12H2,1-5H3,(H2,20,21,22);1H.